The van der Waals surface area contributed by atoms with Gasteiger partial charge in [-0.2, -0.15) is 0 Å². The van der Waals surface area contributed by atoms with Gasteiger partial charge in [0.2, 0.25) is 0 Å². The van der Waals surface area contributed by atoms with Gasteiger partial charge in [-0.15, -0.1) is 0 Å². The highest BCUT2D eigenvalue weighted by Gasteiger charge is 2.31. The predicted octanol–water partition coefficient (Wildman–Crippen LogP) is 3.68. The zero-order valence-electron chi connectivity index (χ0n) is 12.8. The topological polar surface area (TPSA) is 21.3 Å². The van der Waals surface area contributed by atoms with Gasteiger partial charge in [0, 0.05) is 17.0 Å². The molecule has 0 unspecified atom stereocenters. The molecule has 1 aromatic rings. The maximum atomic E-state index is 5.73. The van der Waals surface area contributed by atoms with E-state index in [2.05, 4.69) is 51.2 Å². The number of fused-ring (bicyclic) bond motifs is 1. The summed E-state index contributed by atoms with van der Waals surface area (Å²) in [5.41, 5.74) is 3.00. The predicted molar refractivity (Wildman–Crippen MR) is 81.0 cm³/mol. The molecule has 0 saturated heterocycles. The van der Waals surface area contributed by atoms with Crippen LogP contribution in [0.5, 0.6) is 5.75 Å². The van der Waals surface area contributed by atoms with Crippen molar-refractivity contribution in [3.63, 3.8) is 0 Å². The van der Waals surface area contributed by atoms with E-state index in [9.17, 15) is 0 Å². The molecule has 0 bridgehead atoms. The van der Waals surface area contributed by atoms with E-state index in [4.69, 9.17) is 4.74 Å². The van der Waals surface area contributed by atoms with E-state index >= 15 is 0 Å². The van der Waals surface area contributed by atoms with Crippen LogP contribution in [0.3, 0.4) is 0 Å². The molecule has 1 aliphatic rings. The van der Waals surface area contributed by atoms with Gasteiger partial charge in [-0.25, -0.2) is 0 Å². The third-order valence-electron chi connectivity index (χ3n) is 3.81. The summed E-state index contributed by atoms with van der Waals surface area (Å²) in [5.74, 6) is 1.08. The van der Waals surface area contributed by atoms with E-state index in [1.807, 2.05) is 0 Å². The summed E-state index contributed by atoms with van der Waals surface area (Å²) >= 11 is 0. The van der Waals surface area contributed by atoms with Crippen molar-refractivity contribution in [3.05, 3.63) is 29.3 Å². The molecule has 1 aliphatic heterocycles. The summed E-state index contributed by atoms with van der Waals surface area (Å²) in [6.45, 7) is 10.8. The Morgan fingerprint density at radius 1 is 1.26 bits per heavy atom. The van der Waals surface area contributed by atoms with Crippen molar-refractivity contribution < 1.29 is 4.74 Å². The first-order chi connectivity index (χ1) is 8.99. The van der Waals surface area contributed by atoms with Gasteiger partial charge >= 0.3 is 0 Å². The number of nitrogens with one attached hydrogen (secondary N) is 1. The number of benzene rings is 1. The minimum absolute atomic E-state index is 0.171. The highest BCUT2D eigenvalue weighted by molar-refractivity contribution is 5.45. The SMILES string of the molecule is CC(C)NCCCCc1ccc2c(c1)C(C)(C)CO2. The van der Waals surface area contributed by atoms with Crippen LogP contribution in [0, 0.1) is 0 Å². The number of hydrogen-bond acceptors (Lipinski definition) is 2. The van der Waals surface area contributed by atoms with Crippen LogP contribution >= 0.6 is 0 Å². The molecular weight excluding hydrogens is 234 g/mol. The van der Waals surface area contributed by atoms with E-state index in [0.717, 1.165) is 18.9 Å². The third-order valence-corrected chi connectivity index (χ3v) is 3.81. The van der Waals surface area contributed by atoms with E-state index in [1.165, 1.54) is 30.4 Å². The van der Waals surface area contributed by atoms with Crippen LogP contribution in [0.25, 0.3) is 0 Å². The van der Waals surface area contributed by atoms with E-state index in [-0.39, 0.29) is 5.41 Å². The highest BCUT2D eigenvalue weighted by atomic mass is 16.5. The maximum absolute atomic E-state index is 5.73. The largest absolute Gasteiger partial charge is 0.492 e. The smallest absolute Gasteiger partial charge is 0.123 e. The van der Waals surface area contributed by atoms with Crippen molar-refractivity contribution in [2.75, 3.05) is 13.2 Å². The second-order valence-electron chi connectivity index (χ2n) is 6.57. The minimum atomic E-state index is 0.171. The molecule has 106 valence electrons. The first-order valence-corrected chi connectivity index (χ1v) is 7.48. The van der Waals surface area contributed by atoms with Crippen molar-refractivity contribution in [1.82, 2.24) is 5.32 Å². The zero-order valence-corrected chi connectivity index (χ0v) is 12.8. The summed E-state index contributed by atoms with van der Waals surface area (Å²) in [6.07, 6.45) is 3.66. The molecule has 0 saturated carbocycles. The van der Waals surface area contributed by atoms with Gasteiger partial charge in [0.05, 0.1) is 6.61 Å². The first kappa shape index (κ1) is 14.4. The summed E-state index contributed by atoms with van der Waals surface area (Å²) in [6, 6.07) is 7.30. The molecular formula is C17H27NO. The molecule has 0 fully saturated rings. The third kappa shape index (κ3) is 3.73. The lowest BCUT2D eigenvalue weighted by atomic mass is 9.86. The van der Waals surface area contributed by atoms with Gasteiger partial charge in [0.15, 0.2) is 0 Å². The number of aryl methyl sites for hydroxylation is 1. The molecule has 2 nitrogen and oxygen atoms in total. The molecule has 1 aromatic carbocycles. The fraction of sp³-hybridized carbons (Fsp3) is 0.647. The fourth-order valence-corrected chi connectivity index (χ4v) is 2.57. The lowest BCUT2D eigenvalue weighted by Gasteiger charge is -2.16. The van der Waals surface area contributed by atoms with Crippen molar-refractivity contribution in [2.24, 2.45) is 0 Å². The molecule has 0 aliphatic carbocycles. The molecule has 0 amide bonds. The molecule has 1 heterocycles. The summed E-state index contributed by atoms with van der Waals surface area (Å²) in [5, 5.41) is 3.47. The Balaban J connectivity index is 1.86. The van der Waals surface area contributed by atoms with Gasteiger partial charge in [0.25, 0.3) is 0 Å². The molecule has 2 heteroatoms. The molecule has 0 aromatic heterocycles. The van der Waals surface area contributed by atoms with Gasteiger partial charge in [-0.05, 0) is 37.4 Å². The first-order valence-electron chi connectivity index (χ1n) is 7.48. The van der Waals surface area contributed by atoms with Crippen LogP contribution in [0.2, 0.25) is 0 Å². The van der Waals surface area contributed by atoms with Gasteiger partial charge < -0.3 is 10.1 Å². The quantitative estimate of drug-likeness (QED) is 0.789. The Labute approximate surface area is 117 Å². The summed E-state index contributed by atoms with van der Waals surface area (Å²) in [7, 11) is 0. The fourth-order valence-electron chi connectivity index (χ4n) is 2.57. The number of hydrogen-bond donors (Lipinski definition) is 1. The van der Waals surface area contributed by atoms with Crippen LogP contribution in [0.1, 0.15) is 51.7 Å². The Bertz CT molecular complexity index is 423. The minimum Gasteiger partial charge on any atom is -0.492 e. The Kier molecular flexibility index (Phi) is 4.51. The van der Waals surface area contributed by atoms with Crippen molar-refractivity contribution in [2.45, 2.75) is 58.4 Å². The number of rotatable bonds is 6. The van der Waals surface area contributed by atoms with Crippen molar-refractivity contribution in [1.29, 1.82) is 0 Å². The molecule has 19 heavy (non-hydrogen) atoms. The van der Waals surface area contributed by atoms with Crippen LogP contribution in [-0.4, -0.2) is 19.2 Å². The number of ether oxygens (including phenoxy) is 1. The Morgan fingerprint density at radius 2 is 2.05 bits per heavy atom. The van der Waals surface area contributed by atoms with Gasteiger partial charge in [-0.3, -0.25) is 0 Å². The van der Waals surface area contributed by atoms with Crippen molar-refractivity contribution in [3.8, 4) is 5.75 Å². The lowest BCUT2D eigenvalue weighted by Crippen LogP contribution is -2.23. The lowest BCUT2D eigenvalue weighted by molar-refractivity contribution is 0.291. The van der Waals surface area contributed by atoms with Crippen LogP contribution in [-0.2, 0) is 11.8 Å². The monoisotopic (exact) mass is 261 g/mol. The maximum Gasteiger partial charge on any atom is 0.123 e. The highest BCUT2D eigenvalue weighted by Crippen LogP contribution is 2.38. The second-order valence-corrected chi connectivity index (χ2v) is 6.57. The average molecular weight is 261 g/mol. The summed E-state index contributed by atoms with van der Waals surface area (Å²) < 4.78 is 5.73. The molecule has 2 rings (SSSR count). The van der Waals surface area contributed by atoms with E-state index < -0.39 is 0 Å². The van der Waals surface area contributed by atoms with Crippen molar-refractivity contribution >= 4 is 0 Å². The molecule has 0 spiro atoms. The van der Waals surface area contributed by atoms with Gasteiger partial charge in [0.1, 0.15) is 5.75 Å². The molecule has 0 radical (unpaired) electrons. The van der Waals surface area contributed by atoms with E-state index in [0.29, 0.717) is 6.04 Å². The zero-order chi connectivity index (χ0) is 13.9. The second kappa shape index (κ2) is 5.96. The van der Waals surface area contributed by atoms with Crippen LogP contribution in [0.4, 0.5) is 0 Å². The van der Waals surface area contributed by atoms with Gasteiger partial charge in [-0.1, -0.05) is 39.8 Å². The summed E-state index contributed by atoms with van der Waals surface area (Å²) in [4.78, 5) is 0. The standard InChI is InChI=1S/C17H27NO/c1-13(2)18-10-6-5-7-14-8-9-16-15(11-14)17(3,4)12-19-16/h8-9,11,13,18H,5-7,10,12H2,1-4H3. The van der Waals surface area contributed by atoms with E-state index in [1.54, 1.807) is 0 Å². The Morgan fingerprint density at radius 3 is 2.79 bits per heavy atom. The Hall–Kier alpha value is -1.02. The average Bonchev–Trinajstić information content (AvgIpc) is 2.65. The van der Waals surface area contributed by atoms with Crippen LogP contribution < -0.4 is 10.1 Å². The van der Waals surface area contributed by atoms with Crippen LogP contribution in [0.15, 0.2) is 18.2 Å². The molecule has 0 atom stereocenters. The number of unbranched alkanes of at least 4 members (excludes halogenated alkanes) is 1. The normalized spacial score (nSPS) is 16.5. The molecule has 1 N–H and O–H groups in total.